The zero-order valence-electron chi connectivity index (χ0n) is 8.30. The summed E-state index contributed by atoms with van der Waals surface area (Å²) in [5, 5.41) is 1.94. The van der Waals surface area contributed by atoms with Gasteiger partial charge in [-0.2, -0.15) is 0 Å². The van der Waals surface area contributed by atoms with E-state index in [0.717, 1.165) is 0 Å². The largest absolute Gasteiger partial charge is 0.346 e. The molecule has 0 aliphatic carbocycles. The third kappa shape index (κ3) is 3.13. The summed E-state index contributed by atoms with van der Waals surface area (Å²) in [6.07, 6.45) is 1.34. The highest BCUT2D eigenvalue weighted by molar-refractivity contribution is 5.93. The second kappa shape index (κ2) is 4.84. The monoisotopic (exact) mass is 231 g/mol. The zero-order chi connectivity index (χ0) is 12.2. The number of aromatic nitrogens is 1. The number of halogens is 2. The highest BCUT2D eigenvalue weighted by Crippen LogP contribution is 2.08. The molecule has 0 aromatic carbocycles. The highest BCUT2D eigenvalue weighted by atomic mass is 19.3. The number of aromatic amines is 1. The van der Waals surface area contributed by atoms with E-state index in [-0.39, 0.29) is 5.56 Å². The molecule has 1 amide bonds. The fourth-order valence-electron chi connectivity index (χ4n) is 0.977. The number of carbonyl (C=O) groups excluding carboxylic acids is 1. The predicted molar refractivity (Wildman–Crippen MR) is 53.4 cm³/mol. The number of hydrogen-bond donors (Lipinski definition) is 3. The first-order chi connectivity index (χ1) is 7.46. The van der Waals surface area contributed by atoms with Gasteiger partial charge in [-0.05, 0) is 12.1 Å². The molecule has 0 atom stereocenters. The predicted octanol–water partition coefficient (Wildman–Crippen LogP) is -0.301. The number of H-pyrrole nitrogens is 1. The van der Waals surface area contributed by atoms with Crippen LogP contribution >= 0.6 is 0 Å². The van der Waals surface area contributed by atoms with E-state index in [1.54, 1.807) is 0 Å². The molecule has 4 N–H and O–H groups in total. The van der Waals surface area contributed by atoms with Crippen LogP contribution in [0.15, 0.2) is 23.1 Å². The summed E-state index contributed by atoms with van der Waals surface area (Å²) in [4.78, 5) is 24.7. The van der Waals surface area contributed by atoms with Gasteiger partial charge in [0.25, 0.3) is 17.4 Å². The van der Waals surface area contributed by atoms with Crippen molar-refractivity contribution in [2.24, 2.45) is 5.73 Å². The molecule has 0 fully saturated rings. The van der Waals surface area contributed by atoms with E-state index >= 15 is 0 Å². The van der Waals surface area contributed by atoms with E-state index in [1.807, 2.05) is 5.32 Å². The molecule has 88 valence electrons. The molecular formula is C9H11F2N3O2. The molecule has 1 aromatic heterocycles. The number of carbonyl (C=O) groups is 1. The molecule has 0 saturated carbocycles. The standard InChI is InChI=1S/C9H11F2N3O2/c10-9(11,4-12)5-14-8(16)6-2-1-3-13-7(6)15/h1-3H,4-5,12H2,(H,13,15)(H,14,16). The van der Waals surface area contributed by atoms with E-state index in [0.29, 0.717) is 0 Å². The van der Waals surface area contributed by atoms with Crippen LogP contribution in [0.3, 0.4) is 0 Å². The Morgan fingerprint density at radius 3 is 2.81 bits per heavy atom. The average Bonchev–Trinajstić information content (AvgIpc) is 2.27. The van der Waals surface area contributed by atoms with E-state index in [4.69, 9.17) is 5.73 Å². The number of hydrogen-bond acceptors (Lipinski definition) is 3. The molecular weight excluding hydrogens is 220 g/mol. The molecule has 0 unspecified atom stereocenters. The molecule has 16 heavy (non-hydrogen) atoms. The van der Waals surface area contributed by atoms with E-state index in [2.05, 4.69) is 4.98 Å². The molecule has 0 radical (unpaired) electrons. The number of pyridine rings is 1. The molecule has 0 saturated heterocycles. The third-order valence-corrected chi connectivity index (χ3v) is 1.87. The molecule has 1 heterocycles. The van der Waals surface area contributed by atoms with Crippen molar-refractivity contribution in [1.82, 2.24) is 10.3 Å². The molecule has 1 rings (SSSR count). The van der Waals surface area contributed by atoms with Crippen LogP contribution in [0.4, 0.5) is 8.78 Å². The summed E-state index contributed by atoms with van der Waals surface area (Å²) in [7, 11) is 0. The lowest BCUT2D eigenvalue weighted by Crippen LogP contribution is -2.42. The van der Waals surface area contributed by atoms with E-state index < -0.39 is 30.5 Å². The number of nitrogens with one attached hydrogen (secondary N) is 2. The quantitative estimate of drug-likeness (QED) is 0.664. The van der Waals surface area contributed by atoms with Crippen molar-refractivity contribution in [3.63, 3.8) is 0 Å². The van der Waals surface area contributed by atoms with Crippen LogP contribution in [0.1, 0.15) is 10.4 Å². The minimum absolute atomic E-state index is 0.213. The number of amides is 1. The minimum atomic E-state index is -3.17. The second-order valence-electron chi connectivity index (χ2n) is 3.16. The fraction of sp³-hybridized carbons (Fsp3) is 0.333. The molecule has 7 heteroatoms. The van der Waals surface area contributed by atoms with Crippen LogP contribution < -0.4 is 16.6 Å². The van der Waals surface area contributed by atoms with Crippen LogP contribution in [0.25, 0.3) is 0 Å². The van der Waals surface area contributed by atoms with Gasteiger partial charge in [0.2, 0.25) is 0 Å². The summed E-state index contributed by atoms with van der Waals surface area (Å²) >= 11 is 0. The molecule has 0 aliphatic heterocycles. The topological polar surface area (TPSA) is 88.0 Å². The Labute approximate surface area is 89.7 Å². The van der Waals surface area contributed by atoms with Gasteiger partial charge in [-0.1, -0.05) is 0 Å². The zero-order valence-corrected chi connectivity index (χ0v) is 8.30. The van der Waals surface area contributed by atoms with Crippen LogP contribution in [-0.4, -0.2) is 29.9 Å². The summed E-state index contributed by atoms with van der Waals surface area (Å²) in [6.45, 7) is -1.75. The van der Waals surface area contributed by atoms with E-state index in [9.17, 15) is 18.4 Å². The van der Waals surface area contributed by atoms with Crippen molar-refractivity contribution >= 4 is 5.91 Å². The Kier molecular flexibility index (Phi) is 3.73. The molecule has 0 spiro atoms. The van der Waals surface area contributed by atoms with Gasteiger partial charge < -0.3 is 16.0 Å². The fourth-order valence-corrected chi connectivity index (χ4v) is 0.977. The Morgan fingerprint density at radius 1 is 1.56 bits per heavy atom. The minimum Gasteiger partial charge on any atom is -0.346 e. The molecule has 5 nitrogen and oxygen atoms in total. The summed E-state index contributed by atoms with van der Waals surface area (Å²) in [6, 6.07) is 2.67. The number of rotatable bonds is 4. The first-order valence-corrected chi connectivity index (χ1v) is 4.50. The first kappa shape index (κ1) is 12.3. The lowest BCUT2D eigenvalue weighted by Gasteiger charge is -2.14. The third-order valence-electron chi connectivity index (χ3n) is 1.87. The van der Waals surface area contributed by atoms with Gasteiger partial charge in [-0.15, -0.1) is 0 Å². The van der Waals surface area contributed by atoms with Gasteiger partial charge in [0.05, 0.1) is 13.1 Å². The van der Waals surface area contributed by atoms with Gasteiger partial charge >= 0.3 is 0 Å². The molecule has 0 bridgehead atoms. The van der Waals surface area contributed by atoms with Crippen molar-refractivity contribution < 1.29 is 13.6 Å². The van der Waals surface area contributed by atoms with Crippen molar-refractivity contribution in [1.29, 1.82) is 0 Å². The second-order valence-corrected chi connectivity index (χ2v) is 3.16. The Hall–Kier alpha value is -1.76. The van der Waals surface area contributed by atoms with Gasteiger partial charge in [0.1, 0.15) is 5.56 Å². The summed E-state index contributed by atoms with van der Waals surface area (Å²) in [5.41, 5.74) is 3.95. The first-order valence-electron chi connectivity index (χ1n) is 4.50. The van der Waals surface area contributed by atoms with Crippen LogP contribution in [0.2, 0.25) is 0 Å². The number of nitrogens with two attached hydrogens (primary N) is 1. The van der Waals surface area contributed by atoms with Gasteiger partial charge in [0, 0.05) is 6.20 Å². The van der Waals surface area contributed by atoms with E-state index in [1.165, 1.54) is 18.3 Å². The molecule has 1 aromatic rings. The van der Waals surface area contributed by atoms with Gasteiger partial charge in [-0.25, -0.2) is 8.78 Å². The van der Waals surface area contributed by atoms with Crippen LogP contribution in [0, 0.1) is 0 Å². The summed E-state index contributed by atoms with van der Waals surface area (Å²) < 4.78 is 25.4. The normalized spacial score (nSPS) is 11.2. The average molecular weight is 231 g/mol. The Balaban J connectivity index is 2.68. The van der Waals surface area contributed by atoms with Crippen molar-refractivity contribution in [2.75, 3.05) is 13.1 Å². The number of alkyl halides is 2. The van der Waals surface area contributed by atoms with Crippen LogP contribution in [-0.2, 0) is 0 Å². The SMILES string of the molecule is NCC(F)(F)CNC(=O)c1ccc[nH]c1=O. The molecule has 0 aliphatic rings. The van der Waals surface area contributed by atoms with Crippen molar-refractivity contribution in [2.45, 2.75) is 5.92 Å². The lowest BCUT2D eigenvalue weighted by molar-refractivity contribution is 0.0118. The van der Waals surface area contributed by atoms with Crippen molar-refractivity contribution in [3.8, 4) is 0 Å². The smallest absolute Gasteiger partial charge is 0.277 e. The highest BCUT2D eigenvalue weighted by Gasteiger charge is 2.27. The Bertz CT molecular complexity index is 431. The van der Waals surface area contributed by atoms with Crippen molar-refractivity contribution in [3.05, 3.63) is 34.2 Å². The maximum absolute atomic E-state index is 12.7. The van der Waals surface area contributed by atoms with Gasteiger partial charge in [0.15, 0.2) is 0 Å². The van der Waals surface area contributed by atoms with Gasteiger partial charge in [-0.3, -0.25) is 9.59 Å². The summed E-state index contributed by atoms with van der Waals surface area (Å²) in [5.74, 6) is -4.02. The maximum Gasteiger partial charge on any atom is 0.277 e. The Morgan fingerprint density at radius 2 is 2.25 bits per heavy atom. The van der Waals surface area contributed by atoms with Crippen LogP contribution in [0.5, 0.6) is 0 Å². The lowest BCUT2D eigenvalue weighted by atomic mass is 10.2. The maximum atomic E-state index is 12.7.